The molecule has 0 aliphatic carbocycles. The summed E-state index contributed by atoms with van der Waals surface area (Å²) < 4.78 is 9.84. The zero-order valence-electron chi connectivity index (χ0n) is 10.3. The van der Waals surface area contributed by atoms with Gasteiger partial charge in [-0.1, -0.05) is 11.6 Å². The highest BCUT2D eigenvalue weighted by atomic mass is 35.5. The number of aromatic nitrogens is 1. The molecule has 1 aromatic carbocycles. The molecule has 2 rings (SSSR count). The third kappa shape index (κ3) is 1.99. The van der Waals surface area contributed by atoms with Gasteiger partial charge in [-0.25, -0.2) is 4.79 Å². The molecule has 2 aromatic rings. The third-order valence-electron chi connectivity index (χ3n) is 2.71. The largest absolute Gasteiger partial charge is 0.497 e. The molecule has 5 heteroatoms. The van der Waals surface area contributed by atoms with Crippen LogP contribution in [0.3, 0.4) is 0 Å². The van der Waals surface area contributed by atoms with Crippen LogP contribution in [0.4, 0.5) is 0 Å². The first kappa shape index (κ1) is 12.6. The Labute approximate surface area is 109 Å². The molecule has 0 fully saturated rings. The molecule has 0 amide bonds. The lowest BCUT2D eigenvalue weighted by molar-refractivity contribution is 0.0600. The summed E-state index contributed by atoms with van der Waals surface area (Å²) in [5.41, 5.74) is 1.93. The molecule has 0 aliphatic rings. The van der Waals surface area contributed by atoms with Gasteiger partial charge in [0.1, 0.15) is 5.75 Å². The Bertz CT molecular complexity index is 625. The minimum Gasteiger partial charge on any atom is -0.497 e. The lowest BCUT2D eigenvalue weighted by Crippen LogP contribution is -2.03. The Morgan fingerprint density at radius 3 is 2.67 bits per heavy atom. The molecular formula is C13H12ClNO3. The summed E-state index contributed by atoms with van der Waals surface area (Å²) in [4.78, 5) is 15.8. The maximum atomic E-state index is 11.5. The van der Waals surface area contributed by atoms with Crippen molar-refractivity contribution < 1.29 is 14.3 Å². The van der Waals surface area contributed by atoms with E-state index in [2.05, 4.69) is 9.72 Å². The van der Waals surface area contributed by atoms with Crippen molar-refractivity contribution in [1.82, 2.24) is 4.98 Å². The summed E-state index contributed by atoms with van der Waals surface area (Å²) >= 11 is 6.22. The van der Waals surface area contributed by atoms with Gasteiger partial charge in [-0.05, 0) is 24.6 Å². The molecule has 0 spiro atoms. The summed E-state index contributed by atoms with van der Waals surface area (Å²) in [7, 11) is 2.88. The monoisotopic (exact) mass is 265 g/mol. The molecular weight excluding hydrogens is 254 g/mol. The predicted octanol–water partition coefficient (Wildman–Crippen LogP) is 2.99. The van der Waals surface area contributed by atoms with E-state index < -0.39 is 5.97 Å². The van der Waals surface area contributed by atoms with Crippen LogP contribution in [0.15, 0.2) is 18.3 Å². The normalized spacial score (nSPS) is 10.4. The molecule has 0 radical (unpaired) electrons. The maximum Gasteiger partial charge on any atom is 0.340 e. The average Bonchev–Trinajstić information content (AvgIpc) is 2.38. The number of nitrogens with zero attached hydrogens (tertiary/aromatic N) is 1. The lowest BCUT2D eigenvalue weighted by atomic mass is 10.1. The summed E-state index contributed by atoms with van der Waals surface area (Å²) in [5, 5.41) is 1.00. The van der Waals surface area contributed by atoms with E-state index in [4.69, 9.17) is 16.3 Å². The SMILES string of the molecule is COC(=O)c1cnc2c(C)cc(OC)cc2c1Cl. The average molecular weight is 266 g/mol. The van der Waals surface area contributed by atoms with Crippen molar-refractivity contribution in [2.75, 3.05) is 14.2 Å². The second-order valence-corrected chi connectivity index (χ2v) is 4.20. The fourth-order valence-electron chi connectivity index (χ4n) is 1.79. The highest BCUT2D eigenvalue weighted by Gasteiger charge is 2.16. The molecule has 18 heavy (non-hydrogen) atoms. The highest BCUT2D eigenvalue weighted by Crippen LogP contribution is 2.31. The van der Waals surface area contributed by atoms with E-state index >= 15 is 0 Å². The van der Waals surface area contributed by atoms with Gasteiger partial charge in [0.25, 0.3) is 0 Å². The van der Waals surface area contributed by atoms with E-state index in [-0.39, 0.29) is 5.56 Å². The van der Waals surface area contributed by atoms with Gasteiger partial charge in [-0.15, -0.1) is 0 Å². The van der Waals surface area contributed by atoms with E-state index in [0.717, 1.165) is 11.1 Å². The van der Waals surface area contributed by atoms with Gasteiger partial charge in [0.15, 0.2) is 0 Å². The maximum absolute atomic E-state index is 11.5. The fourth-order valence-corrected chi connectivity index (χ4v) is 2.06. The van der Waals surface area contributed by atoms with Gasteiger partial charge in [0.05, 0.1) is 30.3 Å². The zero-order chi connectivity index (χ0) is 13.3. The summed E-state index contributed by atoms with van der Waals surface area (Å²) in [6, 6.07) is 3.62. The molecule has 0 N–H and O–H groups in total. The number of hydrogen-bond acceptors (Lipinski definition) is 4. The van der Waals surface area contributed by atoms with Crippen LogP contribution in [-0.2, 0) is 4.74 Å². The van der Waals surface area contributed by atoms with E-state index in [9.17, 15) is 4.79 Å². The molecule has 4 nitrogen and oxygen atoms in total. The van der Waals surface area contributed by atoms with Crippen LogP contribution in [-0.4, -0.2) is 25.2 Å². The number of ether oxygens (including phenoxy) is 2. The quantitative estimate of drug-likeness (QED) is 0.783. The fraction of sp³-hybridized carbons (Fsp3) is 0.231. The topological polar surface area (TPSA) is 48.4 Å². The third-order valence-corrected chi connectivity index (χ3v) is 3.12. The Morgan fingerprint density at radius 2 is 2.06 bits per heavy atom. The molecule has 1 heterocycles. The zero-order valence-corrected chi connectivity index (χ0v) is 11.0. The van der Waals surface area contributed by atoms with Gasteiger partial charge in [-0.2, -0.15) is 0 Å². The number of fused-ring (bicyclic) bond motifs is 1. The van der Waals surface area contributed by atoms with Crippen molar-refractivity contribution in [3.63, 3.8) is 0 Å². The Kier molecular flexibility index (Phi) is 3.39. The van der Waals surface area contributed by atoms with Crippen molar-refractivity contribution in [1.29, 1.82) is 0 Å². The highest BCUT2D eigenvalue weighted by molar-refractivity contribution is 6.38. The van der Waals surface area contributed by atoms with Crippen LogP contribution in [0.5, 0.6) is 5.75 Å². The van der Waals surface area contributed by atoms with Crippen LogP contribution in [0.2, 0.25) is 5.02 Å². The molecule has 0 bridgehead atoms. The standard InChI is InChI=1S/C13H12ClNO3/c1-7-4-8(17-2)5-9-11(14)10(13(16)18-3)6-15-12(7)9/h4-6H,1-3H3. The van der Waals surface area contributed by atoms with Crippen LogP contribution in [0, 0.1) is 6.92 Å². The number of halogens is 1. The van der Waals surface area contributed by atoms with Gasteiger partial charge in [0, 0.05) is 11.6 Å². The first-order valence-electron chi connectivity index (χ1n) is 5.29. The van der Waals surface area contributed by atoms with Crippen molar-refractivity contribution in [2.45, 2.75) is 6.92 Å². The molecule has 1 aromatic heterocycles. The number of pyridine rings is 1. The van der Waals surface area contributed by atoms with Gasteiger partial charge in [0.2, 0.25) is 0 Å². The number of benzene rings is 1. The summed E-state index contributed by atoms with van der Waals surface area (Å²) in [6.45, 7) is 1.91. The smallest absolute Gasteiger partial charge is 0.340 e. The van der Waals surface area contributed by atoms with Gasteiger partial charge >= 0.3 is 5.97 Å². The lowest BCUT2D eigenvalue weighted by Gasteiger charge is -2.09. The van der Waals surface area contributed by atoms with Crippen LogP contribution in [0.25, 0.3) is 10.9 Å². The number of esters is 1. The predicted molar refractivity (Wildman–Crippen MR) is 69.4 cm³/mol. The first-order valence-corrected chi connectivity index (χ1v) is 5.67. The minimum absolute atomic E-state index is 0.249. The number of rotatable bonds is 2. The van der Waals surface area contributed by atoms with Gasteiger partial charge < -0.3 is 9.47 Å². The molecule has 0 saturated carbocycles. The molecule has 0 atom stereocenters. The van der Waals surface area contributed by atoms with E-state index in [1.807, 2.05) is 13.0 Å². The number of carbonyl (C=O) groups is 1. The Hall–Kier alpha value is -1.81. The molecule has 0 aliphatic heterocycles. The number of aryl methyl sites for hydroxylation is 1. The van der Waals surface area contributed by atoms with Crippen LogP contribution < -0.4 is 4.74 Å². The number of hydrogen-bond donors (Lipinski definition) is 0. The summed E-state index contributed by atoms with van der Waals surface area (Å²) in [6.07, 6.45) is 1.43. The Morgan fingerprint density at radius 1 is 1.33 bits per heavy atom. The molecule has 94 valence electrons. The Balaban J connectivity index is 2.76. The van der Waals surface area contributed by atoms with Gasteiger partial charge in [-0.3, -0.25) is 4.98 Å². The van der Waals surface area contributed by atoms with Crippen molar-refractivity contribution in [3.05, 3.63) is 34.5 Å². The number of methoxy groups -OCH3 is 2. The van der Waals surface area contributed by atoms with Crippen molar-refractivity contribution in [3.8, 4) is 5.75 Å². The molecule has 0 unspecified atom stereocenters. The second kappa shape index (κ2) is 4.82. The van der Waals surface area contributed by atoms with Crippen molar-refractivity contribution in [2.24, 2.45) is 0 Å². The van der Waals surface area contributed by atoms with Crippen LogP contribution >= 0.6 is 11.6 Å². The number of carbonyl (C=O) groups excluding carboxylic acids is 1. The van der Waals surface area contributed by atoms with E-state index in [0.29, 0.717) is 16.2 Å². The first-order chi connectivity index (χ1) is 8.58. The second-order valence-electron chi connectivity index (χ2n) is 3.82. The van der Waals surface area contributed by atoms with E-state index in [1.165, 1.54) is 13.3 Å². The van der Waals surface area contributed by atoms with Crippen molar-refractivity contribution >= 4 is 28.5 Å². The van der Waals surface area contributed by atoms with E-state index in [1.54, 1.807) is 13.2 Å². The summed E-state index contributed by atoms with van der Waals surface area (Å²) in [5.74, 6) is 0.167. The minimum atomic E-state index is -0.505. The van der Waals surface area contributed by atoms with Crippen LogP contribution in [0.1, 0.15) is 15.9 Å². The molecule has 0 saturated heterocycles.